The number of piperazine rings is 1. The summed E-state index contributed by atoms with van der Waals surface area (Å²) in [6.07, 6.45) is 8.21. The van der Waals surface area contributed by atoms with Crippen molar-refractivity contribution in [1.82, 2.24) is 9.80 Å². The Morgan fingerprint density at radius 3 is 2.50 bits per heavy atom. The Labute approximate surface area is 86.9 Å². The first-order chi connectivity index (χ1) is 6.75. The van der Waals surface area contributed by atoms with Gasteiger partial charge in [-0.2, -0.15) is 0 Å². The Morgan fingerprint density at radius 2 is 1.93 bits per heavy atom. The van der Waals surface area contributed by atoms with Crippen molar-refractivity contribution < 1.29 is 0 Å². The highest BCUT2D eigenvalue weighted by atomic mass is 15.2. The third-order valence-electron chi connectivity index (χ3n) is 3.16. The Hall–Kier alpha value is -0.760. The zero-order chi connectivity index (χ0) is 9.97. The second-order valence-electron chi connectivity index (χ2n) is 4.49. The van der Waals surface area contributed by atoms with E-state index in [0.29, 0.717) is 0 Å². The lowest BCUT2D eigenvalue weighted by Crippen LogP contribution is -2.43. The third kappa shape index (κ3) is 2.18. The van der Waals surface area contributed by atoms with Crippen LogP contribution in [0.4, 0.5) is 0 Å². The lowest BCUT2D eigenvalue weighted by atomic mass is 10.0. The van der Waals surface area contributed by atoms with Crippen LogP contribution in [0.1, 0.15) is 13.3 Å². The zero-order valence-corrected chi connectivity index (χ0v) is 9.24. The number of rotatable bonds is 1. The maximum absolute atomic E-state index is 2.50. The van der Waals surface area contributed by atoms with Gasteiger partial charge in [-0.15, -0.1) is 0 Å². The maximum atomic E-state index is 2.50. The first kappa shape index (κ1) is 9.78. The van der Waals surface area contributed by atoms with Crippen LogP contribution in [0.25, 0.3) is 0 Å². The van der Waals surface area contributed by atoms with Gasteiger partial charge in [0.15, 0.2) is 0 Å². The molecule has 1 aliphatic carbocycles. The molecule has 2 aliphatic rings. The van der Waals surface area contributed by atoms with Crippen molar-refractivity contribution in [3.8, 4) is 0 Å². The van der Waals surface area contributed by atoms with Crippen LogP contribution in [0, 0.1) is 5.92 Å². The summed E-state index contributed by atoms with van der Waals surface area (Å²) in [4.78, 5) is 4.90. The van der Waals surface area contributed by atoms with E-state index in [-0.39, 0.29) is 0 Å². The fourth-order valence-corrected chi connectivity index (χ4v) is 2.02. The van der Waals surface area contributed by atoms with Gasteiger partial charge < -0.3 is 9.80 Å². The largest absolute Gasteiger partial charge is 0.369 e. The normalized spacial score (nSPS) is 29.1. The van der Waals surface area contributed by atoms with Crippen molar-refractivity contribution in [3.05, 3.63) is 23.9 Å². The summed E-state index contributed by atoms with van der Waals surface area (Å²) >= 11 is 0. The molecule has 0 saturated carbocycles. The number of allylic oxidation sites excluding steroid dienone is 3. The van der Waals surface area contributed by atoms with Gasteiger partial charge in [0.1, 0.15) is 0 Å². The Morgan fingerprint density at radius 1 is 1.21 bits per heavy atom. The van der Waals surface area contributed by atoms with Gasteiger partial charge in [0, 0.05) is 31.9 Å². The molecule has 1 fully saturated rings. The monoisotopic (exact) mass is 192 g/mol. The molecule has 2 nitrogen and oxygen atoms in total. The van der Waals surface area contributed by atoms with Crippen LogP contribution in [-0.2, 0) is 0 Å². The summed E-state index contributed by atoms with van der Waals surface area (Å²) in [7, 11) is 2.20. The molecule has 0 bridgehead atoms. The molecule has 78 valence electrons. The van der Waals surface area contributed by atoms with Crippen LogP contribution in [0.3, 0.4) is 0 Å². The molecule has 0 aromatic heterocycles. The average Bonchev–Trinajstić information content (AvgIpc) is 2.21. The van der Waals surface area contributed by atoms with Crippen LogP contribution in [0.15, 0.2) is 23.9 Å². The number of nitrogens with zero attached hydrogens (tertiary/aromatic N) is 2. The predicted octanol–water partition coefficient (Wildman–Crippen LogP) is 1.71. The van der Waals surface area contributed by atoms with Crippen LogP contribution in [0.5, 0.6) is 0 Å². The standard InChI is InChI=1S/C12H20N2/c1-11-3-5-12(6-4-11)14-9-7-13(2)8-10-14/h3,5-6,11H,4,7-10H2,1-2H3. The molecule has 0 aromatic rings. The molecule has 0 N–H and O–H groups in total. The van der Waals surface area contributed by atoms with Crippen molar-refractivity contribution in [2.45, 2.75) is 13.3 Å². The minimum Gasteiger partial charge on any atom is -0.369 e. The number of hydrogen-bond acceptors (Lipinski definition) is 2. The summed E-state index contributed by atoms with van der Waals surface area (Å²) in [5.41, 5.74) is 1.44. The molecule has 1 unspecified atom stereocenters. The van der Waals surface area contributed by atoms with Gasteiger partial charge in [0.05, 0.1) is 0 Å². The summed E-state index contributed by atoms with van der Waals surface area (Å²) in [5.74, 6) is 0.728. The summed E-state index contributed by atoms with van der Waals surface area (Å²) in [6, 6.07) is 0. The molecule has 2 heteroatoms. The minimum atomic E-state index is 0.728. The second kappa shape index (κ2) is 4.18. The number of likely N-dealkylation sites (N-methyl/N-ethyl adjacent to an activating group) is 1. The van der Waals surface area contributed by atoms with Crippen molar-refractivity contribution in [1.29, 1.82) is 0 Å². The van der Waals surface area contributed by atoms with Gasteiger partial charge in [-0.3, -0.25) is 0 Å². The molecular weight excluding hydrogens is 172 g/mol. The lowest BCUT2D eigenvalue weighted by Gasteiger charge is -2.35. The molecule has 0 aromatic carbocycles. The van der Waals surface area contributed by atoms with E-state index in [2.05, 4.69) is 42.0 Å². The van der Waals surface area contributed by atoms with Gasteiger partial charge in [0.25, 0.3) is 0 Å². The first-order valence-corrected chi connectivity index (χ1v) is 5.57. The highest BCUT2D eigenvalue weighted by Crippen LogP contribution is 2.19. The van der Waals surface area contributed by atoms with E-state index in [1.54, 1.807) is 0 Å². The van der Waals surface area contributed by atoms with Crippen LogP contribution in [-0.4, -0.2) is 43.0 Å². The Bertz CT molecular complexity index is 247. The quantitative estimate of drug-likeness (QED) is 0.624. The molecule has 0 amide bonds. The lowest BCUT2D eigenvalue weighted by molar-refractivity contribution is 0.189. The molecule has 0 spiro atoms. The average molecular weight is 192 g/mol. The summed E-state index contributed by atoms with van der Waals surface area (Å²) in [5, 5.41) is 0. The molecule has 1 saturated heterocycles. The van der Waals surface area contributed by atoms with E-state index in [4.69, 9.17) is 0 Å². The number of hydrogen-bond donors (Lipinski definition) is 0. The minimum absolute atomic E-state index is 0.728. The van der Waals surface area contributed by atoms with E-state index in [1.807, 2.05) is 0 Å². The van der Waals surface area contributed by atoms with Gasteiger partial charge in [-0.25, -0.2) is 0 Å². The topological polar surface area (TPSA) is 6.48 Å². The second-order valence-corrected chi connectivity index (χ2v) is 4.49. The van der Waals surface area contributed by atoms with Crippen molar-refractivity contribution in [3.63, 3.8) is 0 Å². The zero-order valence-electron chi connectivity index (χ0n) is 9.24. The van der Waals surface area contributed by atoms with Crippen LogP contribution >= 0.6 is 0 Å². The van der Waals surface area contributed by atoms with Gasteiger partial charge in [0.2, 0.25) is 0 Å². The van der Waals surface area contributed by atoms with E-state index >= 15 is 0 Å². The summed E-state index contributed by atoms with van der Waals surface area (Å²) in [6.45, 7) is 7.03. The van der Waals surface area contributed by atoms with Crippen molar-refractivity contribution >= 4 is 0 Å². The molecule has 2 rings (SSSR count). The van der Waals surface area contributed by atoms with E-state index < -0.39 is 0 Å². The molecule has 14 heavy (non-hydrogen) atoms. The SMILES string of the molecule is CC1C=CC(N2CCN(C)CC2)=CC1. The molecule has 1 atom stereocenters. The molecular formula is C12H20N2. The molecule has 0 radical (unpaired) electrons. The fourth-order valence-electron chi connectivity index (χ4n) is 2.02. The highest BCUT2D eigenvalue weighted by Gasteiger charge is 2.16. The van der Waals surface area contributed by atoms with Crippen LogP contribution in [0.2, 0.25) is 0 Å². The van der Waals surface area contributed by atoms with E-state index in [9.17, 15) is 0 Å². The van der Waals surface area contributed by atoms with Crippen molar-refractivity contribution in [2.75, 3.05) is 33.2 Å². The van der Waals surface area contributed by atoms with Gasteiger partial charge in [-0.1, -0.05) is 19.1 Å². The highest BCUT2D eigenvalue weighted by molar-refractivity contribution is 5.22. The maximum Gasteiger partial charge on any atom is 0.0323 e. The smallest absolute Gasteiger partial charge is 0.0323 e. The Kier molecular flexibility index (Phi) is 2.92. The van der Waals surface area contributed by atoms with E-state index in [0.717, 1.165) is 5.92 Å². The molecule has 1 heterocycles. The fraction of sp³-hybridized carbons (Fsp3) is 0.667. The van der Waals surface area contributed by atoms with Crippen LogP contribution < -0.4 is 0 Å². The van der Waals surface area contributed by atoms with Gasteiger partial charge >= 0.3 is 0 Å². The van der Waals surface area contributed by atoms with Crippen molar-refractivity contribution in [2.24, 2.45) is 5.92 Å². The first-order valence-electron chi connectivity index (χ1n) is 5.57. The summed E-state index contributed by atoms with van der Waals surface area (Å²) < 4.78 is 0. The van der Waals surface area contributed by atoms with E-state index in [1.165, 1.54) is 38.3 Å². The Balaban J connectivity index is 1.93. The predicted molar refractivity (Wildman–Crippen MR) is 60.1 cm³/mol. The molecule has 1 aliphatic heterocycles. The third-order valence-corrected chi connectivity index (χ3v) is 3.16. The van der Waals surface area contributed by atoms with Gasteiger partial charge in [-0.05, 0) is 25.5 Å².